The molecule has 1 aromatic heterocycles. The lowest BCUT2D eigenvalue weighted by Crippen LogP contribution is -2.42. The first-order valence-corrected chi connectivity index (χ1v) is 7.77. The fraction of sp³-hybridized carbons (Fsp3) is 0.438. The molecular formula is C16H20N4O3. The molecule has 0 saturated carbocycles. The first-order chi connectivity index (χ1) is 11.1. The number of aliphatic carboxylic acids is 1. The number of piperidine rings is 1. The van der Waals surface area contributed by atoms with Crippen LogP contribution < -0.4 is 5.32 Å². The fourth-order valence-electron chi connectivity index (χ4n) is 2.96. The van der Waals surface area contributed by atoms with Crippen molar-refractivity contribution < 1.29 is 14.7 Å². The summed E-state index contributed by atoms with van der Waals surface area (Å²) in [6.45, 7) is 1.54. The number of carbonyl (C=O) groups excluding carboxylic acids is 1. The van der Waals surface area contributed by atoms with Crippen molar-refractivity contribution in [1.29, 1.82) is 0 Å². The number of fused-ring (bicyclic) bond motifs is 1. The van der Waals surface area contributed by atoms with Gasteiger partial charge in [0, 0.05) is 5.92 Å². The summed E-state index contributed by atoms with van der Waals surface area (Å²) >= 11 is 0. The second-order valence-corrected chi connectivity index (χ2v) is 5.86. The molecule has 3 rings (SSSR count). The van der Waals surface area contributed by atoms with Gasteiger partial charge in [-0.2, -0.15) is 0 Å². The minimum absolute atomic E-state index is 0.241. The quantitative estimate of drug-likeness (QED) is 0.762. The molecule has 23 heavy (non-hydrogen) atoms. The summed E-state index contributed by atoms with van der Waals surface area (Å²) in [7, 11) is 0. The first-order valence-electron chi connectivity index (χ1n) is 7.77. The van der Waals surface area contributed by atoms with E-state index >= 15 is 0 Å². The Labute approximate surface area is 133 Å². The first kappa shape index (κ1) is 15.5. The molecule has 0 atom stereocenters. The van der Waals surface area contributed by atoms with Gasteiger partial charge in [0.05, 0.1) is 17.6 Å². The van der Waals surface area contributed by atoms with Crippen molar-refractivity contribution in [1.82, 2.24) is 20.2 Å². The van der Waals surface area contributed by atoms with Crippen LogP contribution in [0.5, 0.6) is 0 Å². The summed E-state index contributed by atoms with van der Waals surface area (Å²) < 4.78 is 0. The van der Waals surface area contributed by atoms with Gasteiger partial charge in [-0.05, 0) is 38.1 Å². The van der Waals surface area contributed by atoms with Crippen molar-refractivity contribution in [3.05, 3.63) is 30.1 Å². The molecule has 0 aliphatic carbocycles. The summed E-state index contributed by atoms with van der Waals surface area (Å²) in [4.78, 5) is 32.2. The summed E-state index contributed by atoms with van der Waals surface area (Å²) in [6, 6.07) is 7.99. The molecule has 1 saturated heterocycles. The number of carboxylic acids is 1. The number of carbonyl (C=O) groups is 2. The van der Waals surface area contributed by atoms with Gasteiger partial charge in [-0.1, -0.05) is 12.1 Å². The van der Waals surface area contributed by atoms with Crippen LogP contribution in [0.1, 0.15) is 24.6 Å². The SMILES string of the molecule is O=C(O)CNC(=O)CN1CCC(c2nc3ccccc3[nH]2)CC1. The molecule has 1 aromatic carbocycles. The maximum Gasteiger partial charge on any atom is 0.322 e. The van der Waals surface area contributed by atoms with E-state index in [-0.39, 0.29) is 19.0 Å². The van der Waals surface area contributed by atoms with E-state index < -0.39 is 5.97 Å². The van der Waals surface area contributed by atoms with Crippen molar-refractivity contribution in [2.75, 3.05) is 26.2 Å². The number of benzene rings is 1. The number of amides is 1. The van der Waals surface area contributed by atoms with Crippen LogP contribution in [0.3, 0.4) is 0 Å². The number of hydrogen-bond donors (Lipinski definition) is 3. The molecule has 1 amide bonds. The van der Waals surface area contributed by atoms with Gasteiger partial charge in [-0.15, -0.1) is 0 Å². The van der Waals surface area contributed by atoms with Crippen molar-refractivity contribution in [2.45, 2.75) is 18.8 Å². The minimum Gasteiger partial charge on any atom is -0.480 e. The molecule has 0 radical (unpaired) electrons. The largest absolute Gasteiger partial charge is 0.480 e. The zero-order chi connectivity index (χ0) is 16.2. The van der Waals surface area contributed by atoms with E-state index in [1.165, 1.54) is 0 Å². The number of nitrogens with zero attached hydrogens (tertiary/aromatic N) is 2. The Kier molecular flexibility index (Phi) is 4.57. The number of imidazole rings is 1. The van der Waals surface area contributed by atoms with E-state index in [0.717, 1.165) is 42.8 Å². The van der Waals surface area contributed by atoms with Gasteiger partial charge in [-0.3, -0.25) is 14.5 Å². The number of carboxylic acid groups (broad SMARTS) is 1. The van der Waals surface area contributed by atoms with Crippen LogP contribution in [0.15, 0.2) is 24.3 Å². The Balaban J connectivity index is 1.52. The number of rotatable bonds is 5. The third kappa shape index (κ3) is 3.87. The van der Waals surface area contributed by atoms with Crippen LogP contribution in [-0.4, -0.2) is 58.0 Å². The van der Waals surface area contributed by atoms with Crippen molar-refractivity contribution in [2.24, 2.45) is 0 Å². The molecule has 122 valence electrons. The highest BCUT2D eigenvalue weighted by molar-refractivity contribution is 5.82. The van der Waals surface area contributed by atoms with Crippen LogP contribution in [0.25, 0.3) is 11.0 Å². The van der Waals surface area contributed by atoms with Crippen molar-refractivity contribution in [3.63, 3.8) is 0 Å². The normalized spacial score (nSPS) is 16.5. The Hall–Kier alpha value is -2.41. The molecular weight excluding hydrogens is 296 g/mol. The van der Waals surface area contributed by atoms with E-state index in [4.69, 9.17) is 5.11 Å². The Morgan fingerprint density at radius 3 is 2.74 bits per heavy atom. The van der Waals surface area contributed by atoms with Gasteiger partial charge in [0.1, 0.15) is 12.4 Å². The van der Waals surface area contributed by atoms with Gasteiger partial charge in [0.25, 0.3) is 0 Å². The second kappa shape index (κ2) is 6.78. The third-order valence-corrected chi connectivity index (χ3v) is 4.19. The number of H-pyrrole nitrogens is 1. The van der Waals surface area contributed by atoms with Gasteiger partial charge < -0.3 is 15.4 Å². The van der Waals surface area contributed by atoms with Gasteiger partial charge >= 0.3 is 5.97 Å². The summed E-state index contributed by atoms with van der Waals surface area (Å²) in [5.74, 6) is 0.124. The molecule has 7 heteroatoms. The van der Waals surface area contributed by atoms with Crippen LogP contribution in [0.4, 0.5) is 0 Å². The van der Waals surface area contributed by atoms with Gasteiger partial charge in [0.2, 0.25) is 5.91 Å². The molecule has 0 spiro atoms. The van der Waals surface area contributed by atoms with E-state index in [1.54, 1.807) is 0 Å². The Bertz CT molecular complexity index is 671. The molecule has 1 fully saturated rings. The van der Waals surface area contributed by atoms with Crippen molar-refractivity contribution in [3.8, 4) is 0 Å². The maximum absolute atomic E-state index is 11.7. The number of aromatic nitrogens is 2. The van der Waals surface area contributed by atoms with E-state index in [2.05, 4.69) is 20.2 Å². The maximum atomic E-state index is 11.7. The van der Waals surface area contributed by atoms with Crippen molar-refractivity contribution >= 4 is 22.9 Å². The number of aromatic amines is 1. The molecule has 2 heterocycles. The zero-order valence-electron chi connectivity index (χ0n) is 12.8. The molecule has 7 nitrogen and oxygen atoms in total. The summed E-state index contributed by atoms with van der Waals surface area (Å²) in [6.07, 6.45) is 1.87. The van der Waals surface area contributed by atoms with Crippen LogP contribution in [-0.2, 0) is 9.59 Å². The van der Waals surface area contributed by atoms with Crippen LogP contribution in [0.2, 0.25) is 0 Å². The lowest BCUT2D eigenvalue weighted by atomic mass is 9.96. The third-order valence-electron chi connectivity index (χ3n) is 4.19. The lowest BCUT2D eigenvalue weighted by molar-refractivity contribution is -0.138. The molecule has 1 aliphatic heterocycles. The number of para-hydroxylation sites is 2. The predicted molar refractivity (Wildman–Crippen MR) is 85.2 cm³/mol. The fourth-order valence-corrected chi connectivity index (χ4v) is 2.96. The van der Waals surface area contributed by atoms with E-state index in [1.807, 2.05) is 24.3 Å². The monoisotopic (exact) mass is 316 g/mol. The average molecular weight is 316 g/mol. The van der Waals surface area contributed by atoms with Crippen LogP contribution in [0, 0.1) is 0 Å². The van der Waals surface area contributed by atoms with E-state index in [9.17, 15) is 9.59 Å². The minimum atomic E-state index is -1.03. The van der Waals surface area contributed by atoms with Crippen LogP contribution >= 0.6 is 0 Å². The standard InChI is InChI=1S/C16H20N4O3/c21-14(17-9-15(22)23)10-20-7-5-11(6-8-20)16-18-12-3-1-2-4-13(12)19-16/h1-4,11H,5-10H2,(H,17,21)(H,18,19)(H,22,23). The number of hydrogen-bond acceptors (Lipinski definition) is 4. The Morgan fingerprint density at radius 2 is 2.04 bits per heavy atom. The van der Waals surface area contributed by atoms with E-state index in [0.29, 0.717) is 5.92 Å². The molecule has 0 unspecified atom stereocenters. The highest BCUT2D eigenvalue weighted by Crippen LogP contribution is 2.27. The molecule has 0 bridgehead atoms. The number of nitrogens with one attached hydrogen (secondary N) is 2. The number of likely N-dealkylation sites (tertiary alicyclic amines) is 1. The summed E-state index contributed by atoms with van der Waals surface area (Å²) in [5.41, 5.74) is 2.04. The van der Waals surface area contributed by atoms with Gasteiger partial charge in [-0.25, -0.2) is 4.98 Å². The zero-order valence-corrected chi connectivity index (χ0v) is 12.8. The molecule has 3 N–H and O–H groups in total. The highest BCUT2D eigenvalue weighted by atomic mass is 16.4. The smallest absolute Gasteiger partial charge is 0.322 e. The second-order valence-electron chi connectivity index (χ2n) is 5.86. The summed E-state index contributed by atoms with van der Waals surface area (Å²) in [5, 5.41) is 10.9. The predicted octanol–water partition coefficient (Wildman–Crippen LogP) is 0.943. The molecule has 2 aromatic rings. The topological polar surface area (TPSA) is 98.3 Å². The Morgan fingerprint density at radius 1 is 1.30 bits per heavy atom. The molecule has 1 aliphatic rings. The highest BCUT2D eigenvalue weighted by Gasteiger charge is 2.24. The average Bonchev–Trinajstić information content (AvgIpc) is 2.97. The lowest BCUT2D eigenvalue weighted by Gasteiger charge is -2.30. The van der Waals surface area contributed by atoms with Gasteiger partial charge in [0.15, 0.2) is 0 Å².